The van der Waals surface area contributed by atoms with Gasteiger partial charge in [-0.25, -0.2) is 4.79 Å². The van der Waals surface area contributed by atoms with Gasteiger partial charge in [0.2, 0.25) is 0 Å². The SMILES string of the molecule is Nc1cccc2c1ccc1c3c(ccc12)C(=C=O)CC(OCc1ccccc1)C3. The third-order valence-corrected chi connectivity index (χ3v) is 5.84. The molecule has 3 nitrogen and oxygen atoms in total. The van der Waals surface area contributed by atoms with E-state index in [0.29, 0.717) is 18.6 Å². The van der Waals surface area contributed by atoms with Crippen molar-refractivity contribution in [3.8, 4) is 0 Å². The van der Waals surface area contributed by atoms with Gasteiger partial charge in [-0.15, -0.1) is 0 Å². The number of benzene rings is 4. The van der Waals surface area contributed by atoms with Crippen molar-refractivity contribution in [3.63, 3.8) is 0 Å². The molecule has 1 aliphatic carbocycles. The largest absolute Gasteiger partial charge is 0.398 e. The Morgan fingerprint density at radius 1 is 0.828 bits per heavy atom. The topological polar surface area (TPSA) is 52.3 Å². The smallest absolute Gasteiger partial charge is 0.128 e. The molecule has 1 unspecified atom stereocenters. The molecule has 4 aromatic carbocycles. The monoisotopic (exact) mass is 379 g/mol. The molecule has 0 amide bonds. The maximum Gasteiger partial charge on any atom is 0.128 e. The zero-order valence-corrected chi connectivity index (χ0v) is 16.0. The van der Waals surface area contributed by atoms with Crippen LogP contribution in [-0.4, -0.2) is 12.0 Å². The van der Waals surface area contributed by atoms with Crippen LogP contribution in [0.15, 0.2) is 72.8 Å². The molecule has 142 valence electrons. The Kier molecular flexibility index (Phi) is 4.40. The van der Waals surface area contributed by atoms with Crippen LogP contribution in [0, 0.1) is 0 Å². The fourth-order valence-corrected chi connectivity index (χ4v) is 4.40. The lowest BCUT2D eigenvalue weighted by atomic mass is 9.82. The molecule has 1 atom stereocenters. The summed E-state index contributed by atoms with van der Waals surface area (Å²) in [4.78, 5) is 11.7. The van der Waals surface area contributed by atoms with Crippen molar-refractivity contribution in [2.24, 2.45) is 0 Å². The normalized spacial score (nSPS) is 16.0. The lowest BCUT2D eigenvalue weighted by molar-refractivity contribution is 0.0429. The number of ether oxygens (including phenoxy) is 1. The van der Waals surface area contributed by atoms with E-state index in [1.54, 1.807) is 0 Å². The minimum atomic E-state index is -0.0405. The van der Waals surface area contributed by atoms with Crippen molar-refractivity contribution < 1.29 is 9.53 Å². The Hall–Kier alpha value is -3.39. The molecule has 0 aromatic heterocycles. The van der Waals surface area contributed by atoms with E-state index in [9.17, 15) is 4.79 Å². The van der Waals surface area contributed by atoms with Crippen LogP contribution in [0.25, 0.3) is 27.1 Å². The fraction of sp³-hybridized carbons (Fsp3) is 0.154. The third-order valence-electron chi connectivity index (χ3n) is 5.84. The van der Waals surface area contributed by atoms with Gasteiger partial charge >= 0.3 is 0 Å². The van der Waals surface area contributed by atoms with Gasteiger partial charge in [0.1, 0.15) is 5.94 Å². The van der Waals surface area contributed by atoms with Crippen LogP contribution in [0.4, 0.5) is 5.69 Å². The molecular weight excluding hydrogens is 358 g/mol. The van der Waals surface area contributed by atoms with Crippen LogP contribution >= 0.6 is 0 Å². The van der Waals surface area contributed by atoms with Gasteiger partial charge in [-0.1, -0.05) is 66.7 Å². The van der Waals surface area contributed by atoms with Crippen molar-refractivity contribution >= 4 is 38.7 Å². The number of rotatable bonds is 3. The highest BCUT2D eigenvalue weighted by atomic mass is 16.5. The molecule has 0 fully saturated rings. The van der Waals surface area contributed by atoms with Gasteiger partial charge in [0.15, 0.2) is 0 Å². The molecular formula is C26H21NO2. The molecule has 0 bridgehead atoms. The molecule has 0 saturated carbocycles. The molecule has 3 heteroatoms. The molecule has 0 saturated heterocycles. The van der Waals surface area contributed by atoms with E-state index >= 15 is 0 Å². The first-order valence-electron chi connectivity index (χ1n) is 9.87. The first-order valence-corrected chi connectivity index (χ1v) is 9.87. The third kappa shape index (κ3) is 3.11. The number of hydrogen-bond donors (Lipinski definition) is 1. The van der Waals surface area contributed by atoms with Crippen LogP contribution in [0.1, 0.15) is 23.1 Å². The number of carbonyl (C=O) groups excluding carboxylic acids is 1. The minimum Gasteiger partial charge on any atom is -0.398 e. The fourth-order valence-electron chi connectivity index (χ4n) is 4.40. The molecule has 4 aromatic rings. The van der Waals surface area contributed by atoms with E-state index < -0.39 is 0 Å². The average molecular weight is 379 g/mol. The summed E-state index contributed by atoms with van der Waals surface area (Å²) in [5.74, 6) is 2.17. The number of nitrogen functional groups attached to an aromatic ring is 1. The second-order valence-corrected chi connectivity index (χ2v) is 7.60. The van der Waals surface area contributed by atoms with Crippen molar-refractivity contribution in [1.29, 1.82) is 0 Å². The molecule has 29 heavy (non-hydrogen) atoms. The molecule has 5 rings (SSSR count). The first kappa shape index (κ1) is 17.7. The van der Waals surface area contributed by atoms with Gasteiger partial charge in [0.25, 0.3) is 0 Å². The summed E-state index contributed by atoms with van der Waals surface area (Å²) in [6.07, 6.45) is 1.33. The Labute approximate surface area is 169 Å². The van der Waals surface area contributed by atoms with Crippen molar-refractivity contribution in [1.82, 2.24) is 0 Å². The molecule has 0 radical (unpaired) electrons. The van der Waals surface area contributed by atoms with Crippen molar-refractivity contribution in [2.75, 3.05) is 5.73 Å². The summed E-state index contributed by atoms with van der Waals surface area (Å²) < 4.78 is 6.19. The van der Waals surface area contributed by atoms with Gasteiger partial charge in [-0.2, -0.15) is 0 Å². The summed E-state index contributed by atoms with van der Waals surface area (Å²) in [5, 5.41) is 4.50. The molecule has 0 aliphatic heterocycles. The zero-order valence-electron chi connectivity index (χ0n) is 16.0. The van der Waals surface area contributed by atoms with E-state index in [1.165, 1.54) is 0 Å². The van der Waals surface area contributed by atoms with Crippen molar-refractivity contribution in [3.05, 3.63) is 89.5 Å². The van der Waals surface area contributed by atoms with Crippen LogP contribution in [0.3, 0.4) is 0 Å². The quantitative estimate of drug-likeness (QED) is 0.298. The van der Waals surface area contributed by atoms with Gasteiger partial charge in [0, 0.05) is 29.5 Å². The minimum absolute atomic E-state index is 0.0405. The lowest BCUT2D eigenvalue weighted by Crippen LogP contribution is -2.22. The lowest BCUT2D eigenvalue weighted by Gasteiger charge is -2.27. The summed E-state index contributed by atoms with van der Waals surface area (Å²) in [6, 6.07) is 24.5. The Morgan fingerprint density at radius 3 is 2.41 bits per heavy atom. The van der Waals surface area contributed by atoms with Crippen molar-refractivity contribution in [2.45, 2.75) is 25.6 Å². The number of fused-ring (bicyclic) bond motifs is 5. The molecule has 2 N–H and O–H groups in total. The summed E-state index contributed by atoms with van der Waals surface area (Å²) in [7, 11) is 0. The average Bonchev–Trinajstić information content (AvgIpc) is 2.77. The van der Waals surface area contributed by atoms with Crippen LogP contribution in [-0.2, 0) is 22.6 Å². The highest BCUT2D eigenvalue weighted by molar-refractivity contribution is 6.13. The second-order valence-electron chi connectivity index (χ2n) is 7.60. The standard InChI is InChI=1S/C26H21NO2/c27-26-8-4-7-21-22-10-9-20-18(15-28)13-19(29-16-17-5-2-1-3-6-17)14-25(20)23(22)11-12-24(21)26/h1-12,19H,13-14,16,27H2. The van der Waals surface area contributed by atoms with Gasteiger partial charge in [-0.3, -0.25) is 0 Å². The van der Waals surface area contributed by atoms with Crippen LogP contribution in [0.2, 0.25) is 0 Å². The summed E-state index contributed by atoms with van der Waals surface area (Å²) in [6.45, 7) is 0.539. The summed E-state index contributed by atoms with van der Waals surface area (Å²) in [5.41, 5.74) is 10.9. The highest BCUT2D eigenvalue weighted by Crippen LogP contribution is 2.38. The van der Waals surface area contributed by atoms with Crippen LogP contribution < -0.4 is 5.73 Å². The number of nitrogens with two attached hydrogens (primary N) is 1. The maximum absolute atomic E-state index is 11.7. The summed E-state index contributed by atoms with van der Waals surface area (Å²) >= 11 is 0. The van der Waals surface area contributed by atoms with E-state index in [-0.39, 0.29) is 6.10 Å². The van der Waals surface area contributed by atoms with E-state index in [1.807, 2.05) is 36.4 Å². The predicted octanol–water partition coefficient (Wildman–Crippen LogP) is 5.32. The van der Waals surface area contributed by atoms with Crippen LogP contribution in [0.5, 0.6) is 0 Å². The Balaban J connectivity index is 1.57. The molecule has 0 spiro atoms. The first-order chi connectivity index (χ1) is 14.2. The van der Waals surface area contributed by atoms with Gasteiger partial charge in [0.05, 0.1) is 12.7 Å². The highest BCUT2D eigenvalue weighted by Gasteiger charge is 2.26. The van der Waals surface area contributed by atoms with E-state index in [0.717, 1.165) is 50.3 Å². The van der Waals surface area contributed by atoms with Gasteiger partial charge < -0.3 is 10.5 Å². The molecule has 0 heterocycles. The van der Waals surface area contributed by atoms with Gasteiger partial charge in [-0.05, 0) is 38.9 Å². The maximum atomic E-state index is 11.7. The second kappa shape index (κ2) is 7.21. The zero-order chi connectivity index (χ0) is 19.8. The van der Waals surface area contributed by atoms with E-state index in [2.05, 4.69) is 42.3 Å². The van der Waals surface area contributed by atoms with E-state index in [4.69, 9.17) is 10.5 Å². The number of anilines is 1. The molecule has 1 aliphatic rings. The Morgan fingerprint density at radius 2 is 1.59 bits per heavy atom. The number of hydrogen-bond acceptors (Lipinski definition) is 3. The Bertz CT molecular complexity index is 1270. The predicted molar refractivity (Wildman–Crippen MR) is 118 cm³/mol.